The van der Waals surface area contributed by atoms with Crippen molar-refractivity contribution in [1.82, 2.24) is 9.55 Å². The number of hydrogen-bond donors (Lipinski definition) is 1. The number of rotatable bonds is 8. The second-order valence-electron chi connectivity index (χ2n) is 8.49. The minimum absolute atomic E-state index is 0.0807. The van der Waals surface area contributed by atoms with E-state index >= 15 is 4.39 Å². The van der Waals surface area contributed by atoms with Crippen molar-refractivity contribution in [3.63, 3.8) is 0 Å². The van der Waals surface area contributed by atoms with Gasteiger partial charge in [-0.15, -0.1) is 0 Å². The summed E-state index contributed by atoms with van der Waals surface area (Å²) in [5, 5.41) is 12.2. The molecule has 0 fully saturated rings. The molecule has 3 rings (SSSR count). The molecule has 1 N–H and O–H groups in total. The van der Waals surface area contributed by atoms with E-state index in [2.05, 4.69) is 16.7 Å². The molecule has 0 radical (unpaired) electrons. The molecule has 178 valence electrons. The number of oxime groups is 1. The smallest absolute Gasteiger partial charge is 0.339 e. The Morgan fingerprint density at radius 1 is 1.26 bits per heavy atom. The van der Waals surface area contributed by atoms with Gasteiger partial charge in [-0.1, -0.05) is 42.1 Å². The largest absolute Gasteiger partial charge is 0.465 e. The van der Waals surface area contributed by atoms with Gasteiger partial charge in [0, 0.05) is 5.56 Å². The Hall–Kier alpha value is -3.94. The van der Waals surface area contributed by atoms with Crippen LogP contribution in [0.25, 0.3) is 17.2 Å². The van der Waals surface area contributed by atoms with E-state index in [9.17, 15) is 4.79 Å². The Bertz CT molecular complexity index is 1230. The summed E-state index contributed by atoms with van der Waals surface area (Å²) in [6.45, 7) is 11.3. The van der Waals surface area contributed by atoms with Crippen LogP contribution >= 0.6 is 0 Å². The zero-order valence-electron chi connectivity index (χ0n) is 19.7. The van der Waals surface area contributed by atoms with Crippen LogP contribution in [0.4, 0.5) is 4.39 Å². The number of hydrogen-bond acceptors (Lipinski definition) is 6. The van der Waals surface area contributed by atoms with Gasteiger partial charge >= 0.3 is 5.97 Å². The number of nitrogens with zero attached hydrogens (tertiary/aromatic N) is 3. The first-order valence-corrected chi connectivity index (χ1v) is 10.8. The Balaban J connectivity index is 1.99. The van der Waals surface area contributed by atoms with E-state index in [0.29, 0.717) is 40.2 Å². The SMILES string of the molecule is C=Cc1nc(OCC)n(Cc2ccc(-c3ccccc3C(=O)OC(C)(C)C)cc2F)c1/C=N/O. The van der Waals surface area contributed by atoms with Crippen molar-refractivity contribution in [2.45, 2.75) is 39.8 Å². The first-order chi connectivity index (χ1) is 16.2. The minimum atomic E-state index is -0.651. The molecule has 0 aliphatic carbocycles. The third-order valence-corrected chi connectivity index (χ3v) is 4.89. The number of imidazole rings is 1. The summed E-state index contributed by atoms with van der Waals surface area (Å²) < 4.78 is 27.9. The van der Waals surface area contributed by atoms with Crippen molar-refractivity contribution in [3.05, 3.63) is 77.4 Å². The fourth-order valence-electron chi connectivity index (χ4n) is 3.45. The summed E-state index contributed by atoms with van der Waals surface area (Å²) >= 11 is 0. The summed E-state index contributed by atoms with van der Waals surface area (Å²) in [4.78, 5) is 17.0. The monoisotopic (exact) mass is 465 g/mol. The van der Waals surface area contributed by atoms with Gasteiger partial charge in [0.15, 0.2) is 0 Å². The van der Waals surface area contributed by atoms with Gasteiger partial charge in [0.1, 0.15) is 11.4 Å². The molecule has 0 saturated carbocycles. The summed E-state index contributed by atoms with van der Waals surface area (Å²) in [5.41, 5.74) is 2.06. The summed E-state index contributed by atoms with van der Waals surface area (Å²) in [5.74, 6) is -0.947. The lowest BCUT2D eigenvalue weighted by Crippen LogP contribution is -2.24. The van der Waals surface area contributed by atoms with Crippen molar-refractivity contribution >= 4 is 18.3 Å². The number of carbonyl (C=O) groups is 1. The van der Waals surface area contributed by atoms with Gasteiger partial charge in [-0.3, -0.25) is 4.57 Å². The van der Waals surface area contributed by atoms with Crippen molar-refractivity contribution in [2.75, 3.05) is 6.61 Å². The van der Waals surface area contributed by atoms with Crippen LogP contribution in [0.5, 0.6) is 6.01 Å². The Morgan fingerprint density at radius 3 is 2.62 bits per heavy atom. The standard InChI is InChI=1S/C26H28FN3O4/c1-6-22-23(15-28-32)30(25(29-22)33-7-2)16-18-13-12-17(14-21(18)27)19-10-8-9-11-20(19)24(31)34-26(3,4)5/h6,8-15,32H,1,7,16H2,2-5H3/b28-15+. The molecule has 1 heterocycles. The summed E-state index contributed by atoms with van der Waals surface area (Å²) in [6, 6.07) is 12.0. The molecule has 0 aliphatic heterocycles. The average Bonchev–Trinajstić information content (AvgIpc) is 3.10. The fourth-order valence-corrected chi connectivity index (χ4v) is 3.45. The molecule has 1 aromatic heterocycles. The highest BCUT2D eigenvalue weighted by Crippen LogP contribution is 2.28. The van der Waals surface area contributed by atoms with Gasteiger partial charge < -0.3 is 14.7 Å². The molecule has 0 unspecified atom stereocenters. The molecule has 0 spiro atoms. The third kappa shape index (κ3) is 5.51. The molecule has 0 aliphatic rings. The number of carbonyl (C=O) groups excluding carboxylic acids is 1. The van der Waals surface area contributed by atoms with Gasteiger partial charge in [-0.2, -0.15) is 4.98 Å². The van der Waals surface area contributed by atoms with E-state index in [0.717, 1.165) is 0 Å². The second-order valence-corrected chi connectivity index (χ2v) is 8.49. The van der Waals surface area contributed by atoms with Crippen LogP contribution in [0, 0.1) is 5.82 Å². The minimum Gasteiger partial charge on any atom is -0.465 e. The predicted octanol–water partition coefficient (Wildman–Crippen LogP) is 5.54. The average molecular weight is 466 g/mol. The van der Waals surface area contributed by atoms with E-state index in [1.54, 1.807) is 61.7 Å². The first kappa shape index (κ1) is 24.7. The Labute approximate surface area is 198 Å². The summed E-state index contributed by atoms with van der Waals surface area (Å²) in [7, 11) is 0. The molecule has 0 amide bonds. The van der Waals surface area contributed by atoms with Crippen LogP contribution in [0.3, 0.4) is 0 Å². The lowest BCUT2D eigenvalue weighted by Gasteiger charge is -2.20. The van der Waals surface area contributed by atoms with Gasteiger partial charge in [-0.25, -0.2) is 9.18 Å². The van der Waals surface area contributed by atoms with Crippen LogP contribution in [0.2, 0.25) is 0 Å². The maximum Gasteiger partial charge on any atom is 0.339 e. The molecule has 3 aromatic rings. The molecule has 2 aromatic carbocycles. The quantitative estimate of drug-likeness (QED) is 0.204. The molecule has 0 atom stereocenters. The van der Waals surface area contributed by atoms with E-state index in [1.807, 2.05) is 6.92 Å². The van der Waals surface area contributed by atoms with Crippen LogP contribution in [-0.4, -0.2) is 39.2 Å². The Kier molecular flexibility index (Phi) is 7.50. The van der Waals surface area contributed by atoms with Crippen LogP contribution in [-0.2, 0) is 11.3 Å². The second kappa shape index (κ2) is 10.3. The number of ether oxygens (including phenoxy) is 2. The van der Waals surface area contributed by atoms with Crippen LogP contribution < -0.4 is 4.74 Å². The molecule has 0 saturated heterocycles. The molecule has 7 nitrogen and oxygen atoms in total. The fraction of sp³-hybridized carbons (Fsp3) is 0.269. The Morgan fingerprint density at radius 2 is 2.00 bits per heavy atom. The number of benzene rings is 2. The highest BCUT2D eigenvalue weighted by molar-refractivity contribution is 5.97. The van der Waals surface area contributed by atoms with E-state index in [-0.39, 0.29) is 12.6 Å². The van der Waals surface area contributed by atoms with Crippen molar-refractivity contribution < 1.29 is 23.9 Å². The van der Waals surface area contributed by atoms with Gasteiger partial charge in [0.2, 0.25) is 0 Å². The molecular weight excluding hydrogens is 437 g/mol. The van der Waals surface area contributed by atoms with Crippen LogP contribution in [0.15, 0.2) is 54.2 Å². The zero-order chi connectivity index (χ0) is 24.9. The number of esters is 1. The molecule has 8 heteroatoms. The summed E-state index contributed by atoms with van der Waals surface area (Å²) in [6.07, 6.45) is 2.71. The maximum atomic E-state index is 15.3. The van der Waals surface area contributed by atoms with Crippen molar-refractivity contribution in [1.29, 1.82) is 0 Å². The number of halogens is 1. The first-order valence-electron chi connectivity index (χ1n) is 10.8. The van der Waals surface area contributed by atoms with Crippen molar-refractivity contribution in [2.24, 2.45) is 5.16 Å². The lowest BCUT2D eigenvalue weighted by molar-refractivity contribution is 0.00704. The van der Waals surface area contributed by atoms with Gasteiger partial charge in [0.25, 0.3) is 6.01 Å². The van der Waals surface area contributed by atoms with E-state index in [4.69, 9.17) is 14.7 Å². The lowest BCUT2D eigenvalue weighted by atomic mass is 9.98. The molecule has 0 bridgehead atoms. The maximum absolute atomic E-state index is 15.3. The molecule has 34 heavy (non-hydrogen) atoms. The predicted molar refractivity (Wildman–Crippen MR) is 129 cm³/mol. The van der Waals surface area contributed by atoms with Gasteiger partial charge in [-0.05, 0) is 57.0 Å². The van der Waals surface area contributed by atoms with E-state index < -0.39 is 17.4 Å². The zero-order valence-corrected chi connectivity index (χ0v) is 19.7. The van der Waals surface area contributed by atoms with E-state index in [1.165, 1.54) is 18.4 Å². The topological polar surface area (TPSA) is 85.9 Å². The highest BCUT2D eigenvalue weighted by atomic mass is 19.1. The highest BCUT2D eigenvalue weighted by Gasteiger charge is 2.22. The normalized spacial score (nSPS) is 11.6. The number of aromatic nitrogens is 2. The third-order valence-electron chi connectivity index (χ3n) is 4.89. The van der Waals surface area contributed by atoms with Crippen LogP contribution in [0.1, 0.15) is 55.0 Å². The molecular formula is C26H28FN3O4. The van der Waals surface area contributed by atoms with Gasteiger partial charge in [0.05, 0.1) is 36.3 Å². The van der Waals surface area contributed by atoms with Crippen molar-refractivity contribution in [3.8, 4) is 17.1 Å².